The molecule has 0 spiro atoms. The Morgan fingerprint density at radius 3 is 2.62 bits per heavy atom. The standard InChI is InChI=1S/C23H31ClFN7O2/c1-3-34-23(33)32-8-6-16(7-9-32)27-21-19(25)15-26-22(29-21)28-17-4-5-20(18(24)14-17)31-12-10-30(2)11-13-31/h4-5,14-16H,3,6-13H2,1-2H3,(H2,26,27,28,29). The first kappa shape index (κ1) is 24.3. The number of amides is 1. The highest BCUT2D eigenvalue weighted by atomic mass is 35.5. The largest absolute Gasteiger partial charge is 0.450 e. The molecule has 0 unspecified atom stereocenters. The summed E-state index contributed by atoms with van der Waals surface area (Å²) >= 11 is 6.56. The Labute approximate surface area is 204 Å². The van der Waals surface area contributed by atoms with Crippen molar-refractivity contribution in [3.05, 3.63) is 35.2 Å². The summed E-state index contributed by atoms with van der Waals surface area (Å²) in [7, 11) is 2.12. The van der Waals surface area contributed by atoms with Crippen molar-refractivity contribution < 1.29 is 13.9 Å². The van der Waals surface area contributed by atoms with E-state index >= 15 is 0 Å². The summed E-state index contributed by atoms with van der Waals surface area (Å²) in [5.41, 5.74) is 1.72. The van der Waals surface area contributed by atoms with E-state index in [1.54, 1.807) is 11.8 Å². The molecule has 2 aliphatic heterocycles. The van der Waals surface area contributed by atoms with E-state index in [0.717, 1.165) is 43.8 Å². The normalized spacial score (nSPS) is 17.5. The highest BCUT2D eigenvalue weighted by Crippen LogP contribution is 2.30. The second-order valence-electron chi connectivity index (χ2n) is 8.58. The Hall–Kier alpha value is -2.85. The van der Waals surface area contributed by atoms with Crippen LogP contribution in [0.5, 0.6) is 0 Å². The molecule has 4 rings (SSSR count). The number of carbonyl (C=O) groups excluding carboxylic acids is 1. The van der Waals surface area contributed by atoms with E-state index in [-0.39, 0.29) is 23.9 Å². The molecule has 11 heteroatoms. The molecule has 2 aromatic rings. The van der Waals surface area contributed by atoms with Crippen molar-refractivity contribution in [3.8, 4) is 0 Å². The maximum absolute atomic E-state index is 14.4. The first-order valence-electron chi connectivity index (χ1n) is 11.6. The van der Waals surface area contributed by atoms with Crippen molar-refractivity contribution >= 4 is 40.8 Å². The lowest BCUT2D eigenvalue weighted by molar-refractivity contribution is 0.0983. The van der Waals surface area contributed by atoms with Gasteiger partial charge < -0.3 is 30.1 Å². The molecule has 0 saturated carbocycles. The molecule has 0 bridgehead atoms. The summed E-state index contributed by atoms with van der Waals surface area (Å²) in [6.45, 7) is 7.08. The van der Waals surface area contributed by atoms with Gasteiger partial charge in [0.05, 0.1) is 23.5 Å². The van der Waals surface area contributed by atoms with Crippen molar-refractivity contribution in [2.45, 2.75) is 25.8 Å². The van der Waals surface area contributed by atoms with Crippen LogP contribution in [0, 0.1) is 5.82 Å². The highest BCUT2D eigenvalue weighted by molar-refractivity contribution is 6.33. The maximum Gasteiger partial charge on any atom is 0.409 e. The highest BCUT2D eigenvalue weighted by Gasteiger charge is 2.24. The number of aromatic nitrogens is 2. The zero-order valence-electron chi connectivity index (χ0n) is 19.6. The van der Waals surface area contributed by atoms with Crippen LogP contribution < -0.4 is 15.5 Å². The molecule has 1 amide bonds. The van der Waals surface area contributed by atoms with E-state index in [4.69, 9.17) is 16.3 Å². The molecule has 2 saturated heterocycles. The number of hydrogen-bond acceptors (Lipinski definition) is 8. The predicted octanol–water partition coefficient (Wildman–Crippen LogP) is 3.80. The summed E-state index contributed by atoms with van der Waals surface area (Å²) < 4.78 is 19.4. The van der Waals surface area contributed by atoms with Crippen LogP contribution in [0.1, 0.15) is 19.8 Å². The number of hydrogen-bond donors (Lipinski definition) is 2. The first-order chi connectivity index (χ1) is 16.4. The molecule has 9 nitrogen and oxygen atoms in total. The van der Waals surface area contributed by atoms with Gasteiger partial charge in [0.1, 0.15) is 0 Å². The summed E-state index contributed by atoms with van der Waals surface area (Å²) in [6.07, 6.45) is 2.19. The number of piperazine rings is 1. The number of piperidine rings is 1. The van der Waals surface area contributed by atoms with Gasteiger partial charge in [-0.3, -0.25) is 0 Å². The molecule has 1 aromatic heterocycles. The van der Waals surface area contributed by atoms with Gasteiger partial charge in [0, 0.05) is 51.0 Å². The summed E-state index contributed by atoms with van der Waals surface area (Å²) in [5.74, 6) is -0.120. The van der Waals surface area contributed by atoms with Gasteiger partial charge in [0.2, 0.25) is 5.95 Å². The van der Waals surface area contributed by atoms with Crippen LogP contribution in [0.15, 0.2) is 24.4 Å². The van der Waals surface area contributed by atoms with Gasteiger partial charge in [0.15, 0.2) is 11.6 Å². The van der Waals surface area contributed by atoms with E-state index in [0.29, 0.717) is 37.6 Å². The van der Waals surface area contributed by atoms with E-state index < -0.39 is 5.82 Å². The number of anilines is 4. The Kier molecular flexibility index (Phi) is 7.89. The zero-order valence-corrected chi connectivity index (χ0v) is 20.3. The van der Waals surface area contributed by atoms with E-state index in [1.165, 1.54) is 0 Å². The molecule has 184 valence electrons. The lowest BCUT2D eigenvalue weighted by Crippen LogP contribution is -2.44. The molecule has 3 heterocycles. The van der Waals surface area contributed by atoms with Gasteiger partial charge in [-0.2, -0.15) is 4.98 Å². The summed E-state index contributed by atoms with van der Waals surface area (Å²) in [5, 5.41) is 6.91. The van der Waals surface area contributed by atoms with Crippen LogP contribution in [-0.4, -0.2) is 84.8 Å². The number of nitrogens with zero attached hydrogens (tertiary/aromatic N) is 5. The summed E-state index contributed by atoms with van der Waals surface area (Å²) in [6, 6.07) is 5.74. The van der Waals surface area contributed by atoms with Crippen molar-refractivity contribution in [2.75, 3.05) is 68.5 Å². The van der Waals surface area contributed by atoms with E-state index in [9.17, 15) is 9.18 Å². The quantitative estimate of drug-likeness (QED) is 0.631. The smallest absolute Gasteiger partial charge is 0.409 e. The number of likely N-dealkylation sites (N-methyl/N-ethyl adjacent to an activating group) is 1. The number of rotatable bonds is 6. The number of carbonyl (C=O) groups is 1. The van der Waals surface area contributed by atoms with Gasteiger partial charge in [-0.1, -0.05) is 11.6 Å². The third kappa shape index (κ3) is 5.98. The molecule has 0 aliphatic carbocycles. The van der Waals surface area contributed by atoms with Crippen molar-refractivity contribution in [1.82, 2.24) is 19.8 Å². The third-order valence-electron chi connectivity index (χ3n) is 6.15. The number of benzene rings is 1. The van der Waals surface area contributed by atoms with Crippen LogP contribution in [0.4, 0.5) is 32.3 Å². The summed E-state index contributed by atoms with van der Waals surface area (Å²) in [4.78, 5) is 26.5. The maximum atomic E-state index is 14.4. The van der Waals surface area contributed by atoms with Crippen LogP contribution in [0.25, 0.3) is 0 Å². The minimum absolute atomic E-state index is 0.000224. The van der Waals surface area contributed by atoms with Crippen molar-refractivity contribution in [1.29, 1.82) is 0 Å². The number of likely N-dealkylation sites (tertiary alicyclic amines) is 1. The zero-order chi connectivity index (χ0) is 24.1. The van der Waals surface area contributed by atoms with Gasteiger partial charge in [-0.25, -0.2) is 14.2 Å². The Morgan fingerprint density at radius 1 is 1.21 bits per heavy atom. The van der Waals surface area contributed by atoms with Crippen LogP contribution >= 0.6 is 11.6 Å². The molecule has 1 aromatic carbocycles. The Morgan fingerprint density at radius 2 is 1.94 bits per heavy atom. The molecule has 0 radical (unpaired) electrons. The third-order valence-corrected chi connectivity index (χ3v) is 6.46. The minimum atomic E-state index is -0.526. The van der Waals surface area contributed by atoms with Crippen LogP contribution in [0.3, 0.4) is 0 Å². The Bertz CT molecular complexity index is 995. The van der Waals surface area contributed by atoms with Gasteiger partial charge in [-0.05, 0) is 45.0 Å². The van der Waals surface area contributed by atoms with Crippen LogP contribution in [-0.2, 0) is 4.74 Å². The lowest BCUT2D eigenvalue weighted by atomic mass is 10.1. The van der Waals surface area contributed by atoms with Crippen LogP contribution in [0.2, 0.25) is 5.02 Å². The SMILES string of the molecule is CCOC(=O)N1CCC(Nc2nc(Nc3ccc(N4CCN(C)CC4)c(Cl)c3)ncc2F)CC1. The van der Waals surface area contributed by atoms with Gasteiger partial charge in [0.25, 0.3) is 0 Å². The molecule has 34 heavy (non-hydrogen) atoms. The fourth-order valence-electron chi connectivity index (χ4n) is 4.16. The average molecular weight is 492 g/mol. The molecular formula is C23H31ClFN7O2. The fourth-order valence-corrected chi connectivity index (χ4v) is 4.46. The van der Waals surface area contributed by atoms with Crippen molar-refractivity contribution in [3.63, 3.8) is 0 Å². The van der Waals surface area contributed by atoms with Gasteiger partial charge >= 0.3 is 6.09 Å². The topological polar surface area (TPSA) is 85.9 Å². The minimum Gasteiger partial charge on any atom is -0.450 e. The van der Waals surface area contributed by atoms with Crippen molar-refractivity contribution in [2.24, 2.45) is 0 Å². The predicted molar refractivity (Wildman–Crippen MR) is 132 cm³/mol. The molecule has 2 aliphatic rings. The average Bonchev–Trinajstić information content (AvgIpc) is 2.83. The monoisotopic (exact) mass is 491 g/mol. The fraction of sp³-hybridized carbons (Fsp3) is 0.522. The first-order valence-corrected chi connectivity index (χ1v) is 12.0. The number of ether oxygens (including phenoxy) is 1. The number of halogens is 2. The van der Waals surface area contributed by atoms with E-state index in [2.05, 4.69) is 37.4 Å². The Balaban J connectivity index is 1.37. The second kappa shape index (κ2) is 11.1. The molecule has 2 fully saturated rings. The second-order valence-corrected chi connectivity index (χ2v) is 8.98. The lowest BCUT2D eigenvalue weighted by Gasteiger charge is -2.34. The molecule has 0 atom stereocenters. The number of nitrogens with one attached hydrogen (secondary N) is 2. The molecular weight excluding hydrogens is 461 g/mol. The van der Waals surface area contributed by atoms with Gasteiger partial charge in [-0.15, -0.1) is 0 Å². The van der Waals surface area contributed by atoms with E-state index in [1.807, 2.05) is 18.2 Å². The molecule has 2 N–H and O–H groups in total.